The van der Waals surface area contributed by atoms with Crippen LogP contribution < -0.4 is 5.73 Å². The van der Waals surface area contributed by atoms with E-state index in [4.69, 9.17) is 17.3 Å². The van der Waals surface area contributed by atoms with Gasteiger partial charge in [0.05, 0.1) is 5.02 Å². The third kappa shape index (κ3) is 3.17. The Morgan fingerprint density at radius 2 is 2.10 bits per heavy atom. The van der Waals surface area contributed by atoms with E-state index in [1.54, 1.807) is 22.5 Å². The monoisotopic (exact) mass is 316 g/mol. The lowest BCUT2D eigenvalue weighted by molar-refractivity contribution is 0.342. The highest BCUT2D eigenvalue weighted by Crippen LogP contribution is 2.29. The average Bonchev–Trinajstić information content (AvgIpc) is 2.64. The van der Waals surface area contributed by atoms with Crippen LogP contribution in [-0.2, 0) is 16.6 Å². The minimum absolute atomic E-state index is 0.0140. The van der Waals surface area contributed by atoms with Gasteiger partial charge in [-0.1, -0.05) is 30.5 Å². The smallest absolute Gasteiger partial charge is 0.244 e. The molecule has 1 fully saturated rings. The van der Waals surface area contributed by atoms with E-state index in [0.717, 1.165) is 31.2 Å². The molecule has 2 rings (SSSR count). The topological polar surface area (TPSA) is 63.4 Å². The molecule has 1 aromatic rings. The summed E-state index contributed by atoms with van der Waals surface area (Å²) in [7, 11) is -3.55. The summed E-state index contributed by atoms with van der Waals surface area (Å²) in [6, 6.07) is 4.97. The van der Waals surface area contributed by atoms with Crippen LogP contribution in [0.3, 0.4) is 0 Å². The number of benzene rings is 1. The van der Waals surface area contributed by atoms with Crippen LogP contribution in [0.4, 0.5) is 0 Å². The van der Waals surface area contributed by atoms with Crippen LogP contribution in [0.1, 0.15) is 38.2 Å². The average molecular weight is 317 g/mol. The first-order valence-corrected chi connectivity index (χ1v) is 8.79. The lowest BCUT2D eigenvalue weighted by atomic mass is 10.1. The van der Waals surface area contributed by atoms with Gasteiger partial charge in [0.25, 0.3) is 0 Å². The van der Waals surface area contributed by atoms with Gasteiger partial charge in [-0.05, 0) is 37.5 Å². The van der Waals surface area contributed by atoms with Crippen molar-refractivity contribution < 1.29 is 8.42 Å². The molecule has 0 amide bonds. The maximum Gasteiger partial charge on any atom is 0.244 e. The third-order valence-electron chi connectivity index (χ3n) is 3.81. The van der Waals surface area contributed by atoms with Gasteiger partial charge in [0.1, 0.15) is 4.90 Å². The van der Waals surface area contributed by atoms with Gasteiger partial charge in [0.2, 0.25) is 10.0 Å². The van der Waals surface area contributed by atoms with Crippen LogP contribution in [-0.4, -0.2) is 25.3 Å². The minimum atomic E-state index is -3.55. The van der Waals surface area contributed by atoms with Gasteiger partial charge < -0.3 is 5.73 Å². The molecule has 1 unspecified atom stereocenters. The summed E-state index contributed by atoms with van der Waals surface area (Å²) in [4.78, 5) is 0.177. The van der Waals surface area contributed by atoms with Crippen molar-refractivity contribution >= 4 is 21.6 Å². The molecule has 1 aromatic carbocycles. The second kappa shape index (κ2) is 6.43. The van der Waals surface area contributed by atoms with E-state index in [1.807, 2.05) is 6.92 Å². The van der Waals surface area contributed by atoms with Crippen LogP contribution >= 0.6 is 11.6 Å². The molecule has 0 saturated carbocycles. The Morgan fingerprint density at radius 3 is 2.80 bits per heavy atom. The van der Waals surface area contributed by atoms with Crippen LogP contribution in [0.15, 0.2) is 23.1 Å². The van der Waals surface area contributed by atoms with Gasteiger partial charge in [-0.3, -0.25) is 0 Å². The van der Waals surface area contributed by atoms with Gasteiger partial charge in [-0.25, -0.2) is 8.42 Å². The Balaban J connectivity index is 2.43. The summed E-state index contributed by atoms with van der Waals surface area (Å²) in [5, 5.41) is 0.263. The van der Waals surface area contributed by atoms with Crippen molar-refractivity contribution in [1.29, 1.82) is 0 Å². The zero-order valence-electron chi connectivity index (χ0n) is 11.7. The van der Waals surface area contributed by atoms with E-state index in [0.29, 0.717) is 13.1 Å². The van der Waals surface area contributed by atoms with Crippen molar-refractivity contribution in [1.82, 2.24) is 4.31 Å². The molecular weight excluding hydrogens is 296 g/mol. The Morgan fingerprint density at radius 1 is 1.35 bits per heavy atom. The largest absolute Gasteiger partial charge is 0.326 e. The Kier molecular flexibility index (Phi) is 5.07. The summed E-state index contributed by atoms with van der Waals surface area (Å²) >= 11 is 6.10. The molecule has 0 aliphatic carbocycles. The molecule has 1 saturated heterocycles. The summed E-state index contributed by atoms with van der Waals surface area (Å²) in [6.07, 6.45) is 3.95. The molecule has 20 heavy (non-hydrogen) atoms. The second-order valence-corrected chi connectivity index (χ2v) is 7.55. The van der Waals surface area contributed by atoms with Crippen molar-refractivity contribution in [3.8, 4) is 0 Å². The van der Waals surface area contributed by atoms with Gasteiger partial charge in [-0.15, -0.1) is 0 Å². The number of halogens is 1. The predicted molar refractivity (Wildman–Crippen MR) is 81.2 cm³/mol. The quantitative estimate of drug-likeness (QED) is 0.932. The molecule has 4 nitrogen and oxygen atoms in total. The molecule has 0 spiro atoms. The van der Waals surface area contributed by atoms with Gasteiger partial charge in [0, 0.05) is 19.1 Å². The van der Waals surface area contributed by atoms with Crippen molar-refractivity contribution in [3.05, 3.63) is 28.8 Å². The molecule has 2 N–H and O–H groups in total. The fourth-order valence-electron chi connectivity index (χ4n) is 2.60. The number of sulfonamides is 1. The maximum absolute atomic E-state index is 12.8. The van der Waals surface area contributed by atoms with Crippen LogP contribution in [0, 0.1) is 0 Å². The number of rotatable bonds is 3. The highest BCUT2D eigenvalue weighted by Gasteiger charge is 2.31. The second-order valence-electron chi connectivity index (χ2n) is 5.28. The van der Waals surface area contributed by atoms with E-state index in [9.17, 15) is 8.42 Å². The fraction of sp³-hybridized carbons (Fsp3) is 0.571. The summed E-state index contributed by atoms with van der Waals surface area (Å²) < 4.78 is 27.3. The molecule has 0 aromatic heterocycles. The van der Waals surface area contributed by atoms with Crippen LogP contribution in [0.5, 0.6) is 0 Å². The van der Waals surface area contributed by atoms with Crippen LogP contribution in [0.25, 0.3) is 0 Å². The van der Waals surface area contributed by atoms with Crippen molar-refractivity contribution in [2.75, 3.05) is 6.54 Å². The summed E-state index contributed by atoms with van der Waals surface area (Å²) in [5.41, 5.74) is 6.36. The minimum Gasteiger partial charge on any atom is -0.326 e. The van der Waals surface area contributed by atoms with Crippen LogP contribution in [0.2, 0.25) is 5.02 Å². The standard InChI is InChI=1S/C14H21ClN2O2S/c1-11-5-3-2-4-8-17(11)20(18,19)14-9-12(10-16)6-7-13(14)15/h6-7,9,11H,2-5,8,10,16H2,1H3. The van der Waals surface area contributed by atoms with Crippen molar-refractivity contribution in [2.45, 2.75) is 50.1 Å². The molecule has 6 heteroatoms. The highest BCUT2D eigenvalue weighted by molar-refractivity contribution is 7.89. The first-order chi connectivity index (χ1) is 9.46. The predicted octanol–water partition coefficient (Wildman–Crippen LogP) is 2.75. The number of hydrogen-bond acceptors (Lipinski definition) is 3. The molecule has 1 aliphatic heterocycles. The van der Waals surface area contributed by atoms with E-state index >= 15 is 0 Å². The maximum atomic E-state index is 12.8. The van der Waals surface area contributed by atoms with E-state index in [2.05, 4.69) is 0 Å². The molecular formula is C14H21ClN2O2S. The summed E-state index contributed by atoms with van der Waals surface area (Å²) in [6.45, 7) is 2.82. The van der Waals surface area contributed by atoms with Gasteiger partial charge in [0.15, 0.2) is 0 Å². The SMILES string of the molecule is CC1CCCCCN1S(=O)(=O)c1cc(CN)ccc1Cl. The lowest BCUT2D eigenvalue weighted by Gasteiger charge is -2.26. The zero-order valence-corrected chi connectivity index (χ0v) is 13.3. The molecule has 1 atom stereocenters. The molecule has 1 aliphatic rings. The third-order valence-corrected chi connectivity index (χ3v) is 6.31. The first-order valence-electron chi connectivity index (χ1n) is 6.97. The lowest BCUT2D eigenvalue weighted by Crippen LogP contribution is -2.38. The highest BCUT2D eigenvalue weighted by atomic mass is 35.5. The molecule has 1 heterocycles. The Hall–Kier alpha value is -0.620. The van der Waals surface area contributed by atoms with Crippen molar-refractivity contribution in [2.24, 2.45) is 5.73 Å². The van der Waals surface area contributed by atoms with Gasteiger partial charge >= 0.3 is 0 Å². The normalized spacial score (nSPS) is 21.6. The first kappa shape index (κ1) is 15.8. The molecule has 0 bridgehead atoms. The molecule has 112 valence electrons. The number of nitrogens with zero attached hydrogens (tertiary/aromatic N) is 1. The van der Waals surface area contributed by atoms with E-state index in [-0.39, 0.29) is 16.0 Å². The Bertz CT molecular complexity index is 575. The van der Waals surface area contributed by atoms with E-state index in [1.165, 1.54) is 0 Å². The van der Waals surface area contributed by atoms with Crippen molar-refractivity contribution in [3.63, 3.8) is 0 Å². The molecule has 0 radical (unpaired) electrons. The van der Waals surface area contributed by atoms with E-state index < -0.39 is 10.0 Å². The fourth-order valence-corrected chi connectivity index (χ4v) is 4.83. The number of hydrogen-bond donors (Lipinski definition) is 1. The zero-order chi connectivity index (χ0) is 14.8. The summed E-state index contributed by atoms with van der Waals surface area (Å²) in [5.74, 6) is 0. The Labute approximate surface area is 126 Å². The number of nitrogens with two attached hydrogens (primary N) is 1. The van der Waals surface area contributed by atoms with Gasteiger partial charge in [-0.2, -0.15) is 4.31 Å².